The summed E-state index contributed by atoms with van der Waals surface area (Å²) in [4.78, 5) is 2.57. The van der Waals surface area contributed by atoms with E-state index >= 15 is 0 Å². The highest BCUT2D eigenvalue weighted by molar-refractivity contribution is 6.31. The maximum Gasteiger partial charge on any atom is 0.125 e. The Balaban J connectivity index is 1.90. The summed E-state index contributed by atoms with van der Waals surface area (Å²) < 4.78 is 5.51. The monoisotopic (exact) mass is 294 g/mol. The van der Waals surface area contributed by atoms with Crippen molar-refractivity contribution in [1.29, 1.82) is 0 Å². The van der Waals surface area contributed by atoms with E-state index in [1.54, 1.807) is 7.11 Å². The number of ether oxygens (including phenoxy) is 1. The van der Waals surface area contributed by atoms with Crippen molar-refractivity contribution in [2.24, 2.45) is 11.7 Å². The van der Waals surface area contributed by atoms with Gasteiger partial charge in [0.05, 0.1) is 13.2 Å². The van der Waals surface area contributed by atoms with Crippen molar-refractivity contribution in [2.45, 2.75) is 37.8 Å². The molecule has 0 heterocycles. The molecule has 0 amide bonds. The fourth-order valence-electron chi connectivity index (χ4n) is 2.97. The van der Waals surface area contributed by atoms with Gasteiger partial charge in [-0.05, 0) is 43.7 Å². The van der Waals surface area contributed by atoms with E-state index in [2.05, 4.69) is 4.90 Å². The average molecular weight is 295 g/mol. The smallest absolute Gasteiger partial charge is 0.125 e. The van der Waals surface area contributed by atoms with Crippen molar-refractivity contribution in [3.8, 4) is 5.75 Å². The van der Waals surface area contributed by atoms with Gasteiger partial charge >= 0.3 is 0 Å². The predicted molar refractivity (Wildman–Crippen MR) is 82.3 cm³/mol. The highest BCUT2D eigenvalue weighted by Crippen LogP contribution is 2.43. The molecule has 2 saturated carbocycles. The molecule has 0 radical (unpaired) electrons. The molecule has 0 bridgehead atoms. The first-order chi connectivity index (χ1) is 9.74. The lowest BCUT2D eigenvalue weighted by Crippen LogP contribution is -2.37. The fourth-order valence-corrected chi connectivity index (χ4v) is 3.27. The first-order valence-electron chi connectivity index (χ1n) is 7.52. The van der Waals surface area contributed by atoms with Crippen LogP contribution in [0.1, 0.15) is 37.3 Å². The van der Waals surface area contributed by atoms with Crippen LogP contribution in [0.25, 0.3) is 0 Å². The molecule has 0 aliphatic heterocycles. The zero-order valence-electron chi connectivity index (χ0n) is 12.0. The van der Waals surface area contributed by atoms with E-state index in [1.807, 2.05) is 18.2 Å². The molecular formula is C16H23ClN2O. The lowest BCUT2D eigenvalue weighted by molar-refractivity contribution is 0.179. The largest absolute Gasteiger partial charge is 0.496 e. The van der Waals surface area contributed by atoms with E-state index in [9.17, 15) is 0 Å². The Morgan fingerprint density at radius 2 is 2.10 bits per heavy atom. The van der Waals surface area contributed by atoms with Crippen LogP contribution in [-0.2, 0) is 0 Å². The van der Waals surface area contributed by atoms with Crippen molar-refractivity contribution in [1.82, 2.24) is 4.90 Å². The second kappa shape index (κ2) is 5.92. The van der Waals surface area contributed by atoms with Crippen molar-refractivity contribution in [2.75, 3.05) is 20.2 Å². The van der Waals surface area contributed by atoms with Gasteiger partial charge in [-0.15, -0.1) is 0 Å². The van der Waals surface area contributed by atoms with Crippen molar-refractivity contribution < 1.29 is 4.74 Å². The zero-order chi connectivity index (χ0) is 14.1. The van der Waals surface area contributed by atoms with Crippen molar-refractivity contribution in [3.05, 3.63) is 28.8 Å². The van der Waals surface area contributed by atoms with Gasteiger partial charge < -0.3 is 10.5 Å². The van der Waals surface area contributed by atoms with Gasteiger partial charge in [-0.3, -0.25) is 4.90 Å². The first kappa shape index (κ1) is 14.2. The minimum absolute atomic E-state index is 0.173. The van der Waals surface area contributed by atoms with Gasteiger partial charge in [0, 0.05) is 29.7 Å². The third-order valence-electron chi connectivity index (χ3n) is 4.37. The van der Waals surface area contributed by atoms with E-state index < -0.39 is 0 Å². The van der Waals surface area contributed by atoms with Crippen LogP contribution >= 0.6 is 11.6 Å². The second-order valence-corrected chi connectivity index (χ2v) is 6.39. The SMILES string of the molecule is COc1cccc(Cl)c1C(CN)N(CC1CC1)C1CC1. The summed E-state index contributed by atoms with van der Waals surface area (Å²) in [7, 11) is 1.70. The molecule has 0 aromatic heterocycles. The predicted octanol–water partition coefficient (Wildman–Crippen LogP) is 3.22. The van der Waals surface area contributed by atoms with Gasteiger partial charge in [0.25, 0.3) is 0 Å². The fraction of sp³-hybridized carbons (Fsp3) is 0.625. The summed E-state index contributed by atoms with van der Waals surface area (Å²) in [5.74, 6) is 1.72. The van der Waals surface area contributed by atoms with Crippen LogP contribution in [0.4, 0.5) is 0 Å². The Hall–Kier alpha value is -0.770. The van der Waals surface area contributed by atoms with E-state index in [-0.39, 0.29) is 6.04 Å². The minimum Gasteiger partial charge on any atom is -0.496 e. The van der Waals surface area contributed by atoms with Gasteiger partial charge in [0.15, 0.2) is 0 Å². The number of hydrogen-bond donors (Lipinski definition) is 1. The lowest BCUT2D eigenvalue weighted by Gasteiger charge is -2.32. The van der Waals surface area contributed by atoms with E-state index in [4.69, 9.17) is 22.1 Å². The number of nitrogens with zero attached hydrogens (tertiary/aromatic N) is 1. The van der Waals surface area contributed by atoms with E-state index in [0.717, 1.165) is 28.8 Å². The number of hydrogen-bond acceptors (Lipinski definition) is 3. The van der Waals surface area contributed by atoms with Crippen LogP contribution in [0.5, 0.6) is 5.75 Å². The molecule has 3 nitrogen and oxygen atoms in total. The topological polar surface area (TPSA) is 38.5 Å². The summed E-state index contributed by atoms with van der Waals surface area (Å²) >= 11 is 6.44. The first-order valence-corrected chi connectivity index (χ1v) is 7.90. The van der Waals surface area contributed by atoms with Crippen molar-refractivity contribution >= 4 is 11.6 Å². The van der Waals surface area contributed by atoms with Crippen LogP contribution in [-0.4, -0.2) is 31.1 Å². The summed E-state index contributed by atoms with van der Waals surface area (Å²) in [5.41, 5.74) is 7.17. The average Bonchev–Trinajstić information content (AvgIpc) is 3.32. The van der Waals surface area contributed by atoms with E-state index in [0.29, 0.717) is 12.6 Å². The summed E-state index contributed by atoms with van der Waals surface area (Å²) in [6.45, 7) is 1.74. The number of benzene rings is 1. The van der Waals surface area contributed by atoms with Gasteiger partial charge in [0.2, 0.25) is 0 Å². The van der Waals surface area contributed by atoms with Gasteiger partial charge in [-0.1, -0.05) is 17.7 Å². The molecule has 0 spiro atoms. The van der Waals surface area contributed by atoms with Crippen LogP contribution in [0, 0.1) is 5.92 Å². The molecule has 1 unspecified atom stereocenters. The molecule has 1 atom stereocenters. The van der Waals surface area contributed by atoms with Crippen molar-refractivity contribution in [3.63, 3.8) is 0 Å². The van der Waals surface area contributed by atoms with Gasteiger partial charge in [-0.25, -0.2) is 0 Å². The zero-order valence-corrected chi connectivity index (χ0v) is 12.8. The second-order valence-electron chi connectivity index (χ2n) is 5.98. The molecular weight excluding hydrogens is 272 g/mol. The third-order valence-corrected chi connectivity index (χ3v) is 4.70. The maximum atomic E-state index is 6.44. The Bertz CT molecular complexity index is 472. The minimum atomic E-state index is 0.173. The van der Waals surface area contributed by atoms with Gasteiger partial charge in [0.1, 0.15) is 5.75 Å². The molecule has 2 aliphatic carbocycles. The molecule has 3 rings (SSSR count). The van der Waals surface area contributed by atoms with Crippen LogP contribution in [0.15, 0.2) is 18.2 Å². The number of halogens is 1. The summed E-state index contributed by atoms with van der Waals surface area (Å²) in [5, 5.41) is 0.765. The Morgan fingerprint density at radius 3 is 2.65 bits per heavy atom. The highest BCUT2D eigenvalue weighted by Gasteiger charge is 2.38. The number of rotatable bonds is 7. The molecule has 1 aromatic rings. The quantitative estimate of drug-likeness (QED) is 0.839. The molecule has 110 valence electrons. The molecule has 2 aliphatic rings. The summed E-state index contributed by atoms with van der Waals surface area (Å²) in [6, 6.07) is 6.70. The van der Waals surface area contributed by atoms with Gasteiger partial charge in [-0.2, -0.15) is 0 Å². The maximum absolute atomic E-state index is 6.44. The molecule has 4 heteroatoms. The Kier molecular flexibility index (Phi) is 4.20. The normalized spacial score (nSPS) is 20.2. The number of nitrogens with two attached hydrogens (primary N) is 1. The van der Waals surface area contributed by atoms with E-state index in [1.165, 1.54) is 25.7 Å². The van der Waals surface area contributed by atoms with Crippen LogP contribution in [0.3, 0.4) is 0 Å². The molecule has 1 aromatic carbocycles. The Morgan fingerprint density at radius 1 is 1.35 bits per heavy atom. The van der Waals surface area contributed by atoms with Crippen LogP contribution in [0.2, 0.25) is 5.02 Å². The summed E-state index contributed by atoms with van der Waals surface area (Å²) in [6.07, 6.45) is 5.30. The molecule has 20 heavy (non-hydrogen) atoms. The third kappa shape index (κ3) is 2.95. The standard InChI is InChI=1S/C16H23ClN2O/c1-20-15-4-2-3-13(17)16(15)14(9-18)19(12-7-8-12)10-11-5-6-11/h2-4,11-12,14H,5-10,18H2,1H3. The Labute approximate surface area is 126 Å². The molecule has 0 saturated heterocycles. The molecule has 2 N–H and O–H groups in total. The number of methoxy groups -OCH3 is 1. The molecule has 2 fully saturated rings. The highest BCUT2D eigenvalue weighted by atomic mass is 35.5. The lowest BCUT2D eigenvalue weighted by atomic mass is 10.0. The van der Waals surface area contributed by atoms with Crippen LogP contribution < -0.4 is 10.5 Å².